The molecule has 0 bridgehead atoms. The highest BCUT2D eigenvalue weighted by Crippen LogP contribution is 2.32. The van der Waals surface area contributed by atoms with E-state index in [9.17, 15) is 35.9 Å². The lowest BCUT2D eigenvalue weighted by atomic mass is 10.0. The van der Waals surface area contributed by atoms with Crippen molar-refractivity contribution in [3.8, 4) is 5.75 Å². The fourth-order valence-corrected chi connectivity index (χ4v) is 3.65. The number of aromatic amines is 1. The summed E-state index contributed by atoms with van der Waals surface area (Å²) in [7, 11) is 1.61. The number of carbonyl (C=O) groups is 1. The number of H-pyrrole nitrogens is 1. The van der Waals surface area contributed by atoms with E-state index in [4.69, 9.17) is 9.47 Å². The Labute approximate surface area is 206 Å². The predicted molar refractivity (Wildman–Crippen MR) is 116 cm³/mol. The van der Waals surface area contributed by atoms with Gasteiger partial charge in [0.25, 0.3) is 5.56 Å². The average molecular weight is 538 g/mol. The van der Waals surface area contributed by atoms with Crippen molar-refractivity contribution in [1.82, 2.24) is 25.1 Å². The van der Waals surface area contributed by atoms with Crippen LogP contribution in [0.25, 0.3) is 0 Å². The van der Waals surface area contributed by atoms with Crippen molar-refractivity contribution in [3.05, 3.63) is 40.1 Å². The van der Waals surface area contributed by atoms with E-state index >= 15 is 0 Å². The van der Waals surface area contributed by atoms with Gasteiger partial charge >= 0.3 is 12.4 Å². The third-order valence-corrected chi connectivity index (χ3v) is 5.67. The highest BCUT2D eigenvalue weighted by Gasteiger charge is 2.38. The number of amides is 1. The number of aromatic nitrogens is 4. The summed E-state index contributed by atoms with van der Waals surface area (Å²) in [5, 5.41) is 5.01. The molecule has 1 aliphatic rings. The summed E-state index contributed by atoms with van der Waals surface area (Å²) >= 11 is 0. The molecule has 37 heavy (non-hydrogen) atoms. The van der Waals surface area contributed by atoms with Crippen LogP contribution in [0.15, 0.2) is 23.4 Å². The van der Waals surface area contributed by atoms with E-state index in [1.54, 1.807) is 17.0 Å². The third kappa shape index (κ3) is 7.53. The number of hydrogen-bond donors (Lipinski definition) is 1. The molecule has 204 valence electrons. The molecule has 0 unspecified atom stereocenters. The second-order valence-corrected chi connectivity index (χ2v) is 8.18. The van der Waals surface area contributed by atoms with Crippen LogP contribution in [0, 0.1) is 0 Å². The van der Waals surface area contributed by atoms with E-state index in [-0.39, 0.29) is 44.1 Å². The Morgan fingerprint density at radius 1 is 1.08 bits per heavy atom. The summed E-state index contributed by atoms with van der Waals surface area (Å²) in [4.78, 5) is 34.7. The Bertz CT molecular complexity index is 1100. The van der Waals surface area contributed by atoms with E-state index in [0.717, 1.165) is 18.6 Å². The molecule has 0 aliphatic carbocycles. The smallest absolute Gasteiger partial charge is 0.425 e. The van der Waals surface area contributed by atoms with Gasteiger partial charge in [-0.25, -0.2) is 15.1 Å². The number of piperidine rings is 1. The fraction of sp³-hybridized carbons (Fsp3) is 0.571. The van der Waals surface area contributed by atoms with Gasteiger partial charge in [-0.3, -0.25) is 9.59 Å². The van der Waals surface area contributed by atoms with Crippen molar-refractivity contribution in [3.63, 3.8) is 0 Å². The number of ether oxygens (including phenoxy) is 2. The molecule has 2 aromatic heterocycles. The van der Waals surface area contributed by atoms with Gasteiger partial charge in [-0.05, 0) is 12.8 Å². The van der Waals surface area contributed by atoms with Crippen molar-refractivity contribution in [2.45, 2.75) is 37.7 Å². The van der Waals surface area contributed by atoms with Gasteiger partial charge in [-0.2, -0.15) is 31.4 Å². The highest BCUT2D eigenvalue weighted by molar-refractivity contribution is 5.77. The first-order valence-electron chi connectivity index (χ1n) is 11.1. The van der Waals surface area contributed by atoms with Crippen LogP contribution >= 0.6 is 0 Å². The second kappa shape index (κ2) is 11.7. The summed E-state index contributed by atoms with van der Waals surface area (Å²) in [6.07, 6.45) is -5.93. The lowest BCUT2D eigenvalue weighted by Gasteiger charge is -2.36. The molecule has 1 aliphatic heterocycles. The number of likely N-dealkylation sites (N-methyl/N-ethyl adjacent to an activating group) is 1. The lowest BCUT2D eigenvalue weighted by molar-refractivity contribution is -0.140. The molecule has 0 spiro atoms. The molecule has 0 atom stereocenters. The zero-order valence-electron chi connectivity index (χ0n) is 19.6. The topological polar surface area (TPSA) is 114 Å². The number of nitrogens with zero attached hydrogens (tertiary/aromatic N) is 5. The number of nitrogens with one attached hydrogen (secondary N) is 1. The van der Waals surface area contributed by atoms with Crippen LogP contribution in [0.5, 0.6) is 5.75 Å². The Hall–Kier alpha value is -3.43. The minimum Gasteiger partial charge on any atom is -0.491 e. The predicted octanol–water partition coefficient (Wildman–Crippen LogP) is 2.51. The molecule has 1 saturated heterocycles. The maximum atomic E-state index is 13.0. The van der Waals surface area contributed by atoms with Gasteiger partial charge in [0.15, 0.2) is 11.3 Å². The largest absolute Gasteiger partial charge is 0.491 e. The molecular formula is C21H24F6N6O4. The van der Waals surface area contributed by atoms with Crippen molar-refractivity contribution < 1.29 is 40.6 Å². The van der Waals surface area contributed by atoms with Crippen LogP contribution < -0.4 is 15.2 Å². The summed E-state index contributed by atoms with van der Waals surface area (Å²) in [6, 6.07) is -0.116. The summed E-state index contributed by atoms with van der Waals surface area (Å²) in [5.41, 5.74) is -3.81. The molecule has 0 radical (unpaired) electrons. The number of hydrogen-bond acceptors (Lipinski definition) is 8. The van der Waals surface area contributed by atoms with Gasteiger partial charge in [0.1, 0.15) is 6.61 Å². The van der Waals surface area contributed by atoms with Gasteiger partial charge in [-0.15, -0.1) is 0 Å². The number of carbonyl (C=O) groups excluding carboxylic acids is 1. The first-order chi connectivity index (χ1) is 17.4. The van der Waals surface area contributed by atoms with Gasteiger partial charge in [0.05, 0.1) is 25.0 Å². The molecule has 0 aromatic carbocycles. The van der Waals surface area contributed by atoms with Crippen LogP contribution in [0.1, 0.15) is 30.4 Å². The fourth-order valence-electron chi connectivity index (χ4n) is 3.65. The standard InChI is InChI=1S/C21H24F6N6O4/c1-32(14-3-5-33(6-4-14)19-28-9-13(10-29-19)20(22,23)24)16(34)12-36-7-2-8-37-15-11-30-31-18(35)17(15)21(25,26)27/h9-11,14H,2-8,12H2,1H3,(H,31,35). The molecule has 2 aromatic rings. The van der Waals surface area contributed by atoms with E-state index in [1.165, 1.54) is 4.90 Å². The first-order valence-corrected chi connectivity index (χ1v) is 11.1. The molecule has 16 heteroatoms. The maximum Gasteiger partial charge on any atom is 0.425 e. The lowest BCUT2D eigenvalue weighted by Crippen LogP contribution is -2.47. The zero-order chi connectivity index (χ0) is 27.2. The van der Waals surface area contributed by atoms with E-state index in [2.05, 4.69) is 15.1 Å². The SMILES string of the molecule is CN(C(=O)COCCCOc1cn[nH]c(=O)c1C(F)(F)F)C1CCN(c2ncc(C(F)(F)F)cn2)CC1. The van der Waals surface area contributed by atoms with Gasteiger partial charge in [0, 0.05) is 45.0 Å². The highest BCUT2D eigenvalue weighted by atomic mass is 19.4. The van der Waals surface area contributed by atoms with E-state index < -0.39 is 34.8 Å². The molecule has 1 fully saturated rings. The van der Waals surface area contributed by atoms with Crippen molar-refractivity contribution >= 4 is 11.9 Å². The monoisotopic (exact) mass is 538 g/mol. The quantitative estimate of drug-likeness (QED) is 0.383. The molecule has 1 amide bonds. The molecule has 10 nitrogen and oxygen atoms in total. The molecule has 3 heterocycles. The summed E-state index contributed by atoms with van der Waals surface area (Å²) in [5.74, 6) is -0.812. The van der Waals surface area contributed by atoms with E-state index in [0.29, 0.717) is 25.9 Å². The minimum absolute atomic E-state index is 0.0290. The van der Waals surface area contributed by atoms with Crippen molar-refractivity contribution in [2.75, 3.05) is 44.9 Å². The van der Waals surface area contributed by atoms with Gasteiger partial charge in [-0.1, -0.05) is 0 Å². The molecular weight excluding hydrogens is 514 g/mol. The Kier molecular flexibility index (Phi) is 8.94. The zero-order valence-corrected chi connectivity index (χ0v) is 19.6. The van der Waals surface area contributed by atoms with Crippen molar-refractivity contribution in [2.24, 2.45) is 0 Å². The number of alkyl halides is 6. The van der Waals surface area contributed by atoms with Crippen LogP contribution in [-0.2, 0) is 21.9 Å². The first kappa shape index (κ1) is 28.1. The Morgan fingerprint density at radius 3 is 2.32 bits per heavy atom. The Morgan fingerprint density at radius 2 is 1.73 bits per heavy atom. The summed E-state index contributed by atoms with van der Waals surface area (Å²) < 4.78 is 87.2. The normalized spacial score (nSPS) is 15.1. The molecule has 3 rings (SSSR count). The van der Waals surface area contributed by atoms with Crippen LogP contribution in [0.3, 0.4) is 0 Å². The van der Waals surface area contributed by atoms with Gasteiger partial charge in [0.2, 0.25) is 11.9 Å². The number of rotatable bonds is 9. The van der Waals surface area contributed by atoms with Crippen molar-refractivity contribution in [1.29, 1.82) is 0 Å². The van der Waals surface area contributed by atoms with Crippen LogP contribution in [-0.4, -0.2) is 77.0 Å². The second-order valence-electron chi connectivity index (χ2n) is 8.18. The number of halogens is 6. The Balaban J connectivity index is 1.37. The molecule has 1 N–H and O–H groups in total. The van der Waals surface area contributed by atoms with Gasteiger partial charge < -0.3 is 19.3 Å². The number of anilines is 1. The van der Waals surface area contributed by atoms with E-state index in [1.807, 2.05) is 0 Å². The van der Waals surface area contributed by atoms with Crippen LogP contribution in [0.4, 0.5) is 32.3 Å². The minimum atomic E-state index is -4.90. The molecule has 0 saturated carbocycles. The van der Waals surface area contributed by atoms with Crippen LogP contribution in [0.2, 0.25) is 0 Å². The maximum absolute atomic E-state index is 13.0. The average Bonchev–Trinajstić information content (AvgIpc) is 2.84. The third-order valence-electron chi connectivity index (χ3n) is 5.67. The summed E-state index contributed by atoms with van der Waals surface area (Å²) in [6.45, 7) is 0.481.